The number of hydrogen-bond donors (Lipinski definition) is 1. The average molecular weight is 328 g/mol. The van der Waals surface area contributed by atoms with E-state index in [0.717, 1.165) is 16.3 Å². The number of nitrogens with one attached hydrogen (secondary N) is 1. The van der Waals surface area contributed by atoms with Crippen LogP contribution in [0, 0.1) is 6.92 Å². The van der Waals surface area contributed by atoms with Crippen molar-refractivity contribution in [1.82, 2.24) is 15.1 Å². The van der Waals surface area contributed by atoms with E-state index in [1.165, 1.54) is 4.68 Å². The Bertz CT molecular complexity index is 880. The average Bonchev–Trinajstić information content (AvgIpc) is 2.79. The SMILES string of the molecule is Cc1nn(C)c(Cl)c1C(=O)NC(C)c1cccc2ccccc12. The van der Waals surface area contributed by atoms with Gasteiger partial charge in [0, 0.05) is 7.05 Å². The zero-order valence-corrected chi connectivity index (χ0v) is 14.1. The Labute approximate surface area is 140 Å². The fourth-order valence-corrected chi connectivity index (χ4v) is 3.12. The zero-order valence-electron chi connectivity index (χ0n) is 13.3. The van der Waals surface area contributed by atoms with E-state index in [4.69, 9.17) is 11.6 Å². The molecular weight excluding hydrogens is 310 g/mol. The second-order valence-corrected chi connectivity index (χ2v) is 6.00. The van der Waals surface area contributed by atoms with Crippen LogP contribution in [0.2, 0.25) is 5.15 Å². The number of amides is 1. The molecule has 0 aliphatic rings. The Morgan fingerprint density at radius 3 is 2.61 bits per heavy atom. The first kappa shape index (κ1) is 15.6. The summed E-state index contributed by atoms with van der Waals surface area (Å²) < 4.78 is 1.51. The van der Waals surface area contributed by atoms with Crippen LogP contribution >= 0.6 is 11.6 Å². The number of carbonyl (C=O) groups is 1. The van der Waals surface area contributed by atoms with Crippen LogP contribution in [0.5, 0.6) is 0 Å². The lowest BCUT2D eigenvalue weighted by Crippen LogP contribution is -2.27. The quantitative estimate of drug-likeness (QED) is 0.789. The minimum Gasteiger partial charge on any atom is -0.345 e. The van der Waals surface area contributed by atoms with Crippen molar-refractivity contribution in [3.63, 3.8) is 0 Å². The topological polar surface area (TPSA) is 46.9 Å². The summed E-state index contributed by atoms with van der Waals surface area (Å²) in [6.45, 7) is 3.75. The predicted octanol–water partition coefficient (Wildman–Crippen LogP) is 4.03. The van der Waals surface area contributed by atoms with Crippen molar-refractivity contribution in [1.29, 1.82) is 0 Å². The maximum absolute atomic E-state index is 12.6. The first-order chi connectivity index (χ1) is 11.0. The standard InChI is InChI=1S/C18H18ClN3O/c1-11(14-10-6-8-13-7-4-5-9-15(13)14)20-18(23)16-12(2)21-22(3)17(16)19/h4-11H,1-3H3,(H,20,23). The molecule has 0 bridgehead atoms. The van der Waals surface area contributed by atoms with Crippen LogP contribution < -0.4 is 5.32 Å². The lowest BCUT2D eigenvalue weighted by atomic mass is 9.99. The molecular formula is C18H18ClN3O. The summed E-state index contributed by atoms with van der Waals surface area (Å²) >= 11 is 6.17. The fourth-order valence-electron chi connectivity index (χ4n) is 2.86. The lowest BCUT2D eigenvalue weighted by molar-refractivity contribution is 0.0939. The summed E-state index contributed by atoms with van der Waals surface area (Å²) in [6.07, 6.45) is 0. The molecule has 118 valence electrons. The van der Waals surface area contributed by atoms with Gasteiger partial charge in [-0.3, -0.25) is 9.48 Å². The summed E-state index contributed by atoms with van der Waals surface area (Å²) in [5.74, 6) is -0.207. The van der Waals surface area contributed by atoms with Crippen molar-refractivity contribution in [3.05, 3.63) is 64.4 Å². The monoisotopic (exact) mass is 327 g/mol. The van der Waals surface area contributed by atoms with Gasteiger partial charge in [0.05, 0.1) is 17.3 Å². The molecule has 4 nitrogen and oxygen atoms in total. The number of carbonyl (C=O) groups excluding carboxylic acids is 1. The van der Waals surface area contributed by atoms with Crippen molar-refractivity contribution >= 4 is 28.3 Å². The van der Waals surface area contributed by atoms with Crippen LogP contribution in [0.25, 0.3) is 10.8 Å². The number of aryl methyl sites for hydroxylation is 2. The van der Waals surface area contributed by atoms with Gasteiger partial charge in [-0.05, 0) is 30.2 Å². The maximum Gasteiger partial charge on any atom is 0.256 e. The Morgan fingerprint density at radius 2 is 1.91 bits per heavy atom. The molecule has 2 aromatic carbocycles. The molecule has 0 saturated carbocycles. The molecule has 0 fully saturated rings. The number of hydrogen-bond acceptors (Lipinski definition) is 2. The molecule has 0 saturated heterocycles. The van der Waals surface area contributed by atoms with E-state index in [2.05, 4.69) is 28.6 Å². The number of halogens is 1. The molecule has 1 heterocycles. The minimum absolute atomic E-state index is 0.135. The second-order valence-electron chi connectivity index (χ2n) is 5.64. The lowest BCUT2D eigenvalue weighted by Gasteiger charge is -2.16. The molecule has 23 heavy (non-hydrogen) atoms. The fraction of sp³-hybridized carbons (Fsp3) is 0.222. The number of nitrogens with zero attached hydrogens (tertiary/aromatic N) is 2. The van der Waals surface area contributed by atoms with Gasteiger partial charge in [0.1, 0.15) is 5.15 Å². The van der Waals surface area contributed by atoms with Gasteiger partial charge in [0.2, 0.25) is 0 Å². The van der Waals surface area contributed by atoms with E-state index < -0.39 is 0 Å². The Kier molecular flexibility index (Phi) is 4.09. The molecule has 0 radical (unpaired) electrons. The Morgan fingerprint density at radius 1 is 1.22 bits per heavy atom. The number of fused-ring (bicyclic) bond motifs is 1. The second kappa shape index (κ2) is 6.05. The summed E-state index contributed by atoms with van der Waals surface area (Å²) in [4.78, 5) is 12.6. The minimum atomic E-state index is -0.207. The van der Waals surface area contributed by atoms with Crippen molar-refractivity contribution in [2.75, 3.05) is 0 Å². The highest BCUT2D eigenvalue weighted by Gasteiger charge is 2.21. The third-order valence-electron chi connectivity index (χ3n) is 4.02. The number of rotatable bonds is 3. The van der Waals surface area contributed by atoms with E-state index >= 15 is 0 Å². The highest BCUT2D eigenvalue weighted by Crippen LogP contribution is 2.25. The molecule has 3 rings (SSSR count). The third-order valence-corrected chi connectivity index (χ3v) is 4.45. The van der Waals surface area contributed by atoms with Gasteiger partial charge >= 0.3 is 0 Å². The smallest absolute Gasteiger partial charge is 0.256 e. The molecule has 1 atom stereocenters. The maximum atomic E-state index is 12.6. The first-order valence-corrected chi connectivity index (χ1v) is 7.84. The first-order valence-electron chi connectivity index (χ1n) is 7.46. The van der Waals surface area contributed by atoms with Crippen molar-refractivity contribution < 1.29 is 4.79 Å². The van der Waals surface area contributed by atoms with E-state index in [1.807, 2.05) is 31.2 Å². The molecule has 1 N–H and O–H groups in total. The Hall–Kier alpha value is -2.33. The van der Waals surface area contributed by atoms with Gasteiger partial charge in [-0.1, -0.05) is 54.1 Å². The number of benzene rings is 2. The summed E-state index contributed by atoms with van der Waals surface area (Å²) in [6, 6.07) is 14.1. The zero-order chi connectivity index (χ0) is 16.6. The van der Waals surface area contributed by atoms with E-state index in [-0.39, 0.29) is 11.9 Å². The largest absolute Gasteiger partial charge is 0.345 e. The van der Waals surface area contributed by atoms with Crippen molar-refractivity contribution in [2.24, 2.45) is 7.05 Å². The van der Waals surface area contributed by atoms with Gasteiger partial charge in [-0.2, -0.15) is 5.10 Å². The third kappa shape index (κ3) is 2.82. The Balaban J connectivity index is 1.92. The van der Waals surface area contributed by atoms with Crippen LogP contribution in [0.4, 0.5) is 0 Å². The van der Waals surface area contributed by atoms with Crippen LogP contribution in [-0.4, -0.2) is 15.7 Å². The number of aromatic nitrogens is 2. The molecule has 3 aromatic rings. The van der Waals surface area contributed by atoms with Crippen LogP contribution in [0.1, 0.15) is 34.6 Å². The summed E-state index contributed by atoms with van der Waals surface area (Å²) in [5.41, 5.74) is 2.13. The van der Waals surface area contributed by atoms with Gasteiger partial charge < -0.3 is 5.32 Å². The van der Waals surface area contributed by atoms with Crippen molar-refractivity contribution in [3.8, 4) is 0 Å². The van der Waals surface area contributed by atoms with Crippen LogP contribution in [0.3, 0.4) is 0 Å². The van der Waals surface area contributed by atoms with Gasteiger partial charge in [-0.25, -0.2) is 0 Å². The van der Waals surface area contributed by atoms with E-state index in [0.29, 0.717) is 16.4 Å². The molecule has 1 aromatic heterocycles. The molecule has 0 aliphatic heterocycles. The molecule has 0 spiro atoms. The molecule has 1 unspecified atom stereocenters. The van der Waals surface area contributed by atoms with Crippen LogP contribution in [0.15, 0.2) is 42.5 Å². The van der Waals surface area contributed by atoms with E-state index in [9.17, 15) is 4.79 Å². The molecule has 1 amide bonds. The van der Waals surface area contributed by atoms with Gasteiger partial charge in [-0.15, -0.1) is 0 Å². The molecule has 5 heteroatoms. The van der Waals surface area contributed by atoms with Gasteiger partial charge in [0.25, 0.3) is 5.91 Å². The molecule has 0 aliphatic carbocycles. The normalized spacial score (nSPS) is 12.3. The van der Waals surface area contributed by atoms with Crippen molar-refractivity contribution in [2.45, 2.75) is 19.9 Å². The predicted molar refractivity (Wildman–Crippen MR) is 92.8 cm³/mol. The highest BCUT2D eigenvalue weighted by atomic mass is 35.5. The summed E-state index contributed by atoms with van der Waals surface area (Å²) in [7, 11) is 1.72. The van der Waals surface area contributed by atoms with E-state index in [1.54, 1.807) is 14.0 Å². The highest BCUT2D eigenvalue weighted by molar-refractivity contribution is 6.33. The summed E-state index contributed by atoms with van der Waals surface area (Å²) in [5, 5.41) is 9.85. The van der Waals surface area contributed by atoms with Crippen LogP contribution in [-0.2, 0) is 7.05 Å². The van der Waals surface area contributed by atoms with Gasteiger partial charge in [0.15, 0.2) is 0 Å².